The summed E-state index contributed by atoms with van der Waals surface area (Å²) in [5, 5.41) is 3.84. The first kappa shape index (κ1) is 11.2. The van der Waals surface area contributed by atoms with Crippen LogP contribution in [0, 0.1) is 0 Å². The van der Waals surface area contributed by atoms with Crippen LogP contribution in [-0.4, -0.2) is 17.3 Å². The third-order valence-electron chi connectivity index (χ3n) is 1.07. The van der Waals surface area contributed by atoms with E-state index in [1.165, 1.54) is 7.11 Å². The van der Waals surface area contributed by atoms with Crippen LogP contribution < -0.4 is 0 Å². The van der Waals surface area contributed by atoms with Crippen LogP contribution in [0.15, 0.2) is 29.7 Å². The molecule has 0 bridgehead atoms. The number of aromatic nitrogens is 1. The summed E-state index contributed by atoms with van der Waals surface area (Å²) in [5.74, 6) is 0. The Morgan fingerprint density at radius 1 is 1.67 bits per heavy atom. The molecule has 0 aromatic carbocycles. The molecule has 0 fully saturated rings. The molecule has 0 aliphatic rings. The maximum Gasteiger partial charge on any atom is 0.177 e. The fourth-order valence-electron chi connectivity index (χ4n) is 0.618. The second kappa shape index (κ2) is 5.80. The topological polar surface area (TPSA) is 34.5 Å². The van der Waals surface area contributed by atoms with Crippen LogP contribution in [0.25, 0.3) is 0 Å². The first-order valence-corrected chi connectivity index (χ1v) is 3.39. The highest BCUT2D eigenvalue weighted by Gasteiger charge is 1.97. The quantitative estimate of drug-likeness (QED) is 0.549. The van der Waals surface area contributed by atoms with Crippen LogP contribution in [0.1, 0.15) is 5.56 Å². The summed E-state index contributed by atoms with van der Waals surface area (Å²) in [6, 6.07) is 3.58. The van der Waals surface area contributed by atoms with Crippen LogP contribution in [0.3, 0.4) is 0 Å². The Morgan fingerprint density at radius 2 is 2.42 bits per heavy atom. The summed E-state index contributed by atoms with van der Waals surface area (Å²) in [4.78, 5) is 8.35. The highest BCUT2D eigenvalue weighted by Crippen LogP contribution is 2.02. The van der Waals surface area contributed by atoms with Crippen molar-refractivity contribution in [3.8, 4) is 0 Å². The van der Waals surface area contributed by atoms with Crippen LogP contribution in [0.2, 0.25) is 0 Å². The monoisotopic (exact) mass is 206 g/mol. The van der Waals surface area contributed by atoms with Gasteiger partial charge in [0.25, 0.3) is 0 Å². The number of hydrogen-bond donors (Lipinski definition) is 0. The molecule has 0 saturated heterocycles. The summed E-state index contributed by atoms with van der Waals surface area (Å²) in [7, 11) is 1.44. The minimum Gasteiger partial charge on any atom is -0.398 e. The van der Waals surface area contributed by atoms with Gasteiger partial charge in [-0.3, -0.25) is 4.98 Å². The number of hydrogen-bond acceptors (Lipinski definition) is 3. The van der Waals surface area contributed by atoms with E-state index in [0.717, 1.165) is 5.56 Å². The van der Waals surface area contributed by atoms with E-state index in [0.29, 0.717) is 5.17 Å². The van der Waals surface area contributed by atoms with Gasteiger partial charge in [0, 0.05) is 18.0 Å². The van der Waals surface area contributed by atoms with Crippen LogP contribution in [-0.2, 0) is 4.84 Å². The lowest BCUT2D eigenvalue weighted by atomic mass is 10.3. The van der Waals surface area contributed by atoms with Gasteiger partial charge in [0.05, 0.1) is 0 Å². The molecule has 1 heterocycles. The Kier molecular flexibility index (Phi) is 5.41. The Labute approximate surface area is 81.8 Å². The number of halogens is 2. The molecule has 0 aliphatic heterocycles. The van der Waals surface area contributed by atoms with E-state index >= 15 is 0 Å². The van der Waals surface area contributed by atoms with Crippen molar-refractivity contribution in [2.75, 3.05) is 7.11 Å². The van der Waals surface area contributed by atoms with E-state index in [-0.39, 0.29) is 12.4 Å². The fraction of sp³-hybridized carbons (Fsp3) is 0.143. The van der Waals surface area contributed by atoms with Gasteiger partial charge in [0.15, 0.2) is 5.17 Å². The molecule has 0 spiro atoms. The normalized spacial score (nSPS) is 10.3. The molecule has 3 nitrogen and oxygen atoms in total. The van der Waals surface area contributed by atoms with E-state index < -0.39 is 0 Å². The molecular weight excluding hydrogens is 199 g/mol. The van der Waals surface area contributed by atoms with Gasteiger partial charge in [0.2, 0.25) is 0 Å². The fourth-order valence-corrected chi connectivity index (χ4v) is 0.798. The van der Waals surface area contributed by atoms with E-state index in [4.69, 9.17) is 11.6 Å². The molecule has 0 saturated carbocycles. The number of nitrogens with zero attached hydrogens (tertiary/aromatic N) is 2. The van der Waals surface area contributed by atoms with Gasteiger partial charge in [-0.25, -0.2) is 0 Å². The SMILES string of the molecule is CO/N=C(\Cl)c1cccnc1.Cl. The minimum atomic E-state index is 0. The third kappa shape index (κ3) is 3.07. The molecule has 12 heavy (non-hydrogen) atoms. The minimum absolute atomic E-state index is 0. The standard InChI is InChI=1S/C7H7ClN2O.ClH/c1-11-10-7(8)6-3-2-4-9-5-6;/h2-5H,1H3;1H/b10-7-;. The van der Waals surface area contributed by atoms with Crippen molar-refractivity contribution in [1.29, 1.82) is 0 Å². The number of pyridine rings is 1. The molecule has 0 radical (unpaired) electrons. The molecule has 1 rings (SSSR count). The maximum absolute atomic E-state index is 5.69. The van der Waals surface area contributed by atoms with Gasteiger partial charge in [-0.2, -0.15) is 0 Å². The van der Waals surface area contributed by atoms with E-state index in [1.807, 2.05) is 0 Å². The number of oxime groups is 1. The Balaban J connectivity index is 0.00000121. The maximum atomic E-state index is 5.69. The molecular formula is C7H8Cl2N2O. The van der Waals surface area contributed by atoms with Crippen molar-refractivity contribution in [2.45, 2.75) is 0 Å². The summed E-state index contributed by atoms with van der Waals surface area (Å²) < 4.78 is 0. The molecule has 5 heteroatoms. The predicted molar refractivity (Wildman–Crippen MR) is 50.9 cm³/mol. The van der Waals surface area contributed by atoms with E-state index in [2.05, 4.69) is 15.0 Å². The van der Waals surface area contributed by atoms with Crippen molar-refractivity contribution >= 4 is 29.2 Å². The lowest BCUT2D eigenvalue weighted by Crippen LogP contribution is -1.91. The smallest absolute Gasteiger partial charge is 0.177 e. The molecule has 1 aromatic rings. The predicted octanol–water partition coefficient (Wildman–Crippen LogP) is 2.05. The van der Waals surface area contributed by atoms with E-state index in [9.17, 15) is 0 Å². The third-order valence-corrected chi connectivity index (χ3v) is 1.36. The van der Waals surface area contributed by atoms with Gasteiger partial charge in [-0.1, -0.05) is 16.8 Å². The lowest BCUT2D eigenvalue weighted by molar-refractivity contribution is 0.214. The summed E-state index contributed by atoms with van der Waals surface area (Å²) in [5.41, 5.74) is 0.746. The summed E-state index contributed by atoms with van der Waals surface area (Å²) >= 11 is 5.69. The zero-order valence-electron chi connectivity index (χ0n) is 6.40. The van der Waals surface area contributed by atoms with Crippen LogP contribution in [0.5, 0.6) is 0 Å². The average molecular weight is 207 g/mol. The Morgan fingerprint density at radius 3 is 2.92 bits per heavy atom. The van der Waals surface area contributed by atoms with Crippen LogP contribution >= 0.6 is 24.0 Å². The molecule has 0 unspecified atom stereocenters. The molecule has 0 amide bonds. The molecule has 66 valence electrons. The van der Waals surface area contributed by atoms with E-state index in [1.54, 1.807) is 24.5 Å². The molecule has 1 aromatic heterocycles. The van der Waals surface area contributed by atoms with Crippen molar-refractivity contribution in [3.63, 3.8) is 0 Å². The largest absolute Gasteiger partial charge is 0.398 e. The summed E-state index contributed by atoms with van der Waals surface area (Å²) in [6.07, 6.45) is 3.28. The van der Waals surface area contributed by atoms with Gasteiger partial charge in [0.1, 0.15) is 7.11 Å². The van der Waals surface area contributed by atoms with Gasteiger partial charge >= 0.3 is 0 Å². The van der Waals surface area contributed by atoms with Gasteiger partial charge < -0.3 is 4.84 Å². The van der Waals surface area contributed by atoms with Crippen molar-refractivity contribution in [2.24, 2.45) is 5.16 Å². The average Bonchev–Trinajstić information content (AvgIpc) is 2.07. The van der Waals surface area contributed by atoms with Gasteiger partial charge in [-0.05, 0) is 12.1 Å². The first-order chi connectivity index (χ1) is 5.34. The first-order valence-electron chi connectivity index (χ1n) is 3.01. The van der Waals surface area contributed by atoms with Crippen LogP contribution in [0.4, 0.5) is 0 Å². The zero-order chi connectivity index (χ0) is 8.10. The second-order valence-corrected chi connectivity index (χ2v) is 2.16. The molecule has 0 atom stereocenters. The molecule has 0 aliphatic carbocycles. The van der Waals surface area contributed by atoms with Gasteiger partial charge in [-0.15, -0.1) is 12.4 Å². The number of rotatable bonds is 2. The van der Waals surface area contributed by atoms with Crippen molar-refractivity contribution in [3.05, 3.63) is 30.1 Å². The summed E-state index contributed by atoms with van der Waals surface area (Å²) in [6.45, 7) is 0. The molecule has 0 N–H and O–H groups in total. The Hall–Kier alpha value is -0.800. The van der Waals surface area contributed by atoms with Crippen molar-refractivity contribution in [1.82, 2.24) is 4.98 Å². The highest BCUT2D eigenvalue weighted by molar-refractivity contribution is 6.69. The Bertz CT molecular complexity index is 251. The second-order valence-electron chi connectivity index (χ2n) is 1.81. The van der Waals surface area contributed by atoms with Crippen molar-refractivity contribution < 1.29 is 4.84 Å². The lowest BCUT2D eigenvalue weighted by Gasteiger charge is -1.94. The highest BCUT2D eigenvalue weighted by atomic mass is 35.5. The zero-order valence-corrected chi connectivity index (χ0v) is 7.97.